The Morgan fingerprint density at radius 3 is 2.86 bits per heavy atom. The average Bonchev–Trinajstić information content (AvgIpc) is 3.21. The molecule has 1 atom stereocenters. The Hall–Kier alpha value is -2.86. The molecule has 0 bridgehead atoms. The number of nitrogens with one attached hydrogen (secondary N) is 1. The number of aryl methyl sites for hydroxylation is 1. The van der Waals surface area contributed by atoms with Crippen molar-refractivity contribution in [2.24, 2.45) is 4.40 Å². The topological polar surface area (TPSA) is 131 Å². The molecule has 2 aliphatic rings. The van der Waals surface area contributed by atoms with E-state index in [4.69, 9.17) is 9.26 Å². The van der Waals surface area contributed by atoms with Gasteiger partial charge in [0.05, 0.1) is 17.0 Å². The van der Waals surface area contributed by atoms with Crippen molar-refractivity contribution in [2.75, 3.05) is 22.5 Å². The zero-order valence-electron chi connectivity index (χ0n) is 15.4. The summed E-state index contributed by atoms with van der Waals surface area (Å²) in [4.78, 5) is 27.1. The molecule has 29 heavy (non-hydrogen) atoms. The molecule has 0 saturated heterocycles. The number of esters is 1. The molecule has 1 aromatic heterocycles. The number of benzene rings is 1. The Kier molecular flexibility index (Phi) is 4.82. The lowest BCUT2D eigenvalue weighted by Gasteiger charge is -2.22. The molecule has 152 valence electrons. The molecule has 0 aliphatic carbocycles. The fourth-order valence-electron chi connectivity index (χ4n) is 2.79. The molecule has 3 heterocycles. The van der Waals surface area contributed by atoms with Crippen molar-refractivity contribution in [3.8, 4) is 0 Å². The first-order chi connectivity index (χ1) is 13.7. The molecule has 12 heteroatoms. The van der Waals surface area contributed by atoms with Crippen LogP contribution in [-0.2, 0) is 19.6 Å². The van der Waals surface area contributed by atoms with Crippen LogP contribution in [0.2, 0.25) is 0 Å². The number of carbonyl (C=O) groups is 2. The van der Waals surface area contributed by atoms with Crippen molar-refractivity contribution in [3.05, 3.63) is 35.6 Å². The molecule has 1 amide bonds. The van der Waals surface area contributed by atoms with Gasteiger partial charge in [0.25, 0.3) is 15.9 Å². The largest absolute Gasteiger partial charge is 0.449 e. The summed E-state index contributed by atoms with van der Waals surface area (Å²) in [6.45, 7) is 3.44. The number of amides is 1. The maximum absolute atomic E-state index is 12.4. The van der Waals surface area contributed by atoms with Crippen LogP contribution >= 0.6 is 11.8 Å². The summed E-state index contributed by atoms with van der Waals surface area (Å²) in [6, 6.07) is 6.42. The molecule has 10 nitrogen and oxygen atoms in total. The van der Waals surface area contributed by atoms with Crippen LogP contribution in [-0.4, -0.2) is 49.0 Å². The highest BCUT2D eigenvalue weighted by atomic mass is 32.2. The number of anilines is 2. The average molecular weight is 436 g/mol. The number of amidine groups is 1. The number of hydrogen-bond acceptors (Lipinski definition) is 9. The number of nitrogens with zero attached hydrogens (tertiary/aromatic N) is 3. The van der Waals surface area contributed by atoms with Crippen LogP contribution in [0.5, 0.6) is 0 Å². The smallest absolute Gasteiger partial charge is 0.338 e. The molecule has 0 saturated carbocycles. The van der Waals surface area contributed by atoms with Crippen molar-refractivity contribution < 1.29 is 27.3 Å². The molecule has 1 aromatic carbocycles. The first-order valence-electron chi connectivity index (χ1n) is 8.59. The lowest BCUT2D eigenvalue weighted by molar-refractivity contribution is -0.123. The van der Waals surface area contributed by atoms with Gasteiger partial charge < -0.3 is 19.5 Å². The van der Waals surface area contributed by atoms with Gasteiger partial charge in [0.15, 0.2) is 17.1 Å². The van der Waals surface area contributed by atoms with E-state index in [1.54, 1.807) is 36.1 Å². The van der Waals surface area contributed by atoms with E-state index in [0.29, 0.717) is 22.4 Å². The lowest BCUT2D eigenvalue weighted by Crippen LogP contribution is -2.35. The van der Waals surface area contributed by atoms with Crippen molar-refractivity contribution in [3.63, 3.8) is 0 Å². The Balaban J connectivity index is 1.45. The molecular weight excluding hydrogens is 420 g/mol. The molecular formula is C17H16N4O6S2. The molecule has 4 rings (SSSR count). The molecule has 1 unspecified atom stereocenters. The van der Waals surface area contributed by atoms with E-state index < -0.39 is 28.0 Å². The number of thioether (sulfide) groups is 1. The first kappa shape index (κ1) is 19.5. The highest BCUT2D eigenvalue weighted by Gasteiger charge is 2.33. The lowest BCUT2D eigenvalue weighted by atomic mass is 10.2. The first-order valence-corrected chi connectivity index (χ1v) is 11.0. The maximum Gasteiger partial charge on any atom is 0.338 e. The van der Waals surface area contributed by atoms with Crippen LogP contribution in [0.25, 0.3) is 0 Å². The molecule has 2 aliphatic heterocycles. The number of rotatable bonds is 4. The van der Waals surface area contributed by atoms with Crippen LogP contribution in [0.3, 0.4) is 0 Å². The van der Waals surface area contributed by atoms with Crippen molar-refractivity contribution in [1.29, 1.82) is 0 Å². The minimum atomic E-state index is -3.45. The molecule has 2 aromatic rings. The SMILES string of the molecule is Cc1cc(NC(=O)C(C)OC(=O)c2ccc3c(c2)SC2=NS(=O)(=O)CCN23)no1. The Morgan fingerprint density at radius 2 is 2.14 bits per heavy atom. The number of hydrogen-bond donors (Lipinski definition) is 1. The normalized spacial score (nSPS) is 17.7. The van der Waals surface area contributed by atoms with Crippen molar-refractivity contribution in [2.45, 2.75) is 24.8 Å². The van der Waals surface area contributed by atoms with Gasteiger partial charge in [-0.25, -0.2) is 13.2 Å². The number of aromatic nitrogens is 1. The van der Waals surface area contributed by atoms with E-state index in [1.165, 1.54) is 18.7 Å². The number of carbonyl (C=O) groups excluding carboxylic acids is 2. The highest BCUT2D eigenvalue weighted by molar-refractivity contribution is 8.15. The molecule has 0 radical (unpaired) electrons. The van der Waals surface area contributed by atoms with E-state index in [-0.39, 0.29) is 17.1 Å². The Morgan fingerprint density at radius 1 is 1.34 bits per heavy atom. The molecule has 1 N–H and O–H groups in total. The summed E-state index contributed by atoms with van der Waals surface area (Å²) < 4.78 is 37.2. The third-order valence-corrected chi connectivity index (χ3v) is 6.55. The zero-order chi connectivity index (χ0) is 20.8. The van der Waals surface area contributed by atoms with Gasteiger partial charge in [-0.15, -0.1) is 4.40 Å². The minimum Gasteiger partial charge on any atom is -0.449 e. The summed E-state index contributed by atoms with van der Waals surface area (Å²) >= 11 is 1.17. The summed E-state index contributed by atoms with van der Waals surface area (Å²) in [5.74, 6) is -0.505. The van der Waals surface area contributed by atoms with E-state index in [2.05, 4.69) is 14.9 Å². The van der Waals surface area contributed by atoms with E-state index in [0.717, 1.165) is 5.69 Å². The second-order valence-electron chi connectivity index (χ2n) is 6.46. The van der Waals surface area contributed by atoms with Gasteiger partial charge >= 0.3 is 5.97 Å². The second kappa shape index (κ2) is 7.19. The third kappa shape index (κ3) is 3.98. The van der Waals surface area contributed by atoms with Gasteiger partial charge in [-0.1, -0.05) is 5.16 Å². The monoisotopic (exact) mass is 436 g/mol. The van der Waals surface area contributed by atoms with Crippen molar-refractivity contribution in [1.82, 2.24) is 5.16 Å². The van der Waals surface area contributed by atoms with Crippen LogP contribution in [0.4, 0.5) is 11.5 Å². The fraction of sp³-hybridized carbons (Fsp3) is 0.294. The van der Waals surface area contributed by atoms with Gasteiger partial charge in [0.2, 0.25) is 0 Å². The van der Waals surface area contributed by atoms with E-state index in [1.807, 2.05) is 0 Å². The standard InChI is InChI=1S/C17H16N4O6S2/c1-9-7-14(19-27-9)18-15(22)10(2)26-16(23)11-3-4-12-13(8-11)28-17-20-29(24,25)6-5-21(12)17/h3-4,7-8,10H,5-6H2,1-2H3,(H,18,19,22). The van der Waals surface area contributed by atoms with Crippen LogP contribution in [0, 0.1) is 6.92 Å². The van der Waals surface area contributed by atoms with Crippen LogP contribution < -0.4 is 10.2 Å². The highest BCUT2D eigenvalue weighted by Crippen LogP contribution is 2.42. The zero-order valence-corrected chi connectivity index (χ0v) is 17.0. The third-order valence-electron chi connectivity index (χ3n) is 4.24. The quantitative estimate of drug-likeness (QED) is 0.712. The summed E-state index contributed by atoms with van der Waals surface area (Å²) in [5, 5.41) is 6.52. The molecule has 0 spiro atoms. The van der Waals surface area contributed by atoms with Gasteiger partial charge in [0, 0.05) is 17.5 Å². The maximum atomic E-state index is 12.4. The fourth-order valence-corrected chi connectivity index (χ4v) is 5.09. The van der Waals surface area contributed by atoms with Gasteiger partial charge in [0.1, 0.15) is 5.76 Å². The summed E-state index contributed by atoms with van der Waals surface area (Å²) in [6.07, 6.45) is -1.05. The van der Waals surface area contributed by atoms with Gasteiger partial charge in [-0.3, -0.25) is 4.79 Å². The van der Waals surface area contributed by atoms with Crippen LogP contribution in [0.15, 0.2) is 38.1 Å². The Labute approximate surface area is 170 Å². The van der Waals surface area contributed by atoms with E-state index >= 15 is 0 Å². The summed E-state index contributed by atoms with van der Waals surface area (Å²) in [7, 11) is -3.45. The predicted molar refractivity (Wildman–Crippen MR) is 106 cm³/mol. The molecule has 0 fully saturated rings. The number of fused-ring (bicyclic) bond motifs is 3. The second-order valence-corrected chi connectivity index (χ2v) is 9.22. The van der Waals surface area contributed by atoms with Gasteiger partial charge in [-0.2, -0.15) is 0 Å². The van der Waals surface area contributed by atoms with Crippen LogP contribution in [0.1, 0.15) is 23.0 Å². The Bertz CT molecular complexity index is 1140. The minimum absolute atomic E-state index is 0.0576. The number of sulfonamides is 1. The van der Waals surface area contributed by atoms with Gasteiger partial charge in [-0.05, 0) is 43.8 Å². The van der Waals surface area contributed by atoms with Crippen molar-refractivity contribution >= 4 is 50.3 Å². The predicted octanol–water partition coefficient (Wildman–Crippen LogP) is 1.78. The number of ether oxygens (including phenoxy) is 1. The summed E-state index contributed by atoms with van der Waals surface area (Å²) in [5.41, 5.74) is 1.03. The van der Waals surface area contributed by atoms with E-state index in [9.17, 15) is 18.0 Å².